The number of likely N-dealkylation sites (tertiary alicyclic amines) is 1. The van der Waals surface area contributed by atoms with E-state index in [0.717, 1.165) is 49.0 Å². The highest BCUT2D eigenvalue weighted by atomic mass is 16.5. The molecular formula is C20H24N2O2. The number of amides is 1. The van der Waals surface area contributed by atoms with Gasteiger partial charge >= 0.3 is 0 Å². The fraction of sp³-hybridized carbons (Fsp3) is 0.400. The van der Waals surface area contributed by atoms with Crippen LogP contribution in [0.15, 0.2) is 36.5 Å². The topological polar surface area (TPSA) is 42.4 Å². The second-order valence-corrected chi connectivity index (χ2v) is 6.37. The number of piperidine rings is 1. The van der Waals surface area contributed by atoms with Crippen LogP contribution in [0.3, 0.4) is 0 Å². The molecule has 0 N–H and O–H groups in total. The lowest BCUT2D eigenvalue weighted by Crippen LogP contribution is -2.36. The van der Waals surface area contributed by atoms with Gasteiger partial charge in [0.1, 0.15) is 5.75 Å². The van der Waals surface area contributed by atoms with Crippen molar-refractivity contribution in [2.24, 2.45) is 5.92 Å². The molecule has 1 aromatic heterocycles. The highest BCUT2D eigenvalue weighted by Crippen LogP contribution is 2.25. The average Bonchev–Trinajstić information content (AvgIpc) is 2.62. The van der Waals surface area contributed by atoms with Gasteiger partial charge in [-0.2, -0.15) is 0 Å². The highest BCUT2D eigenvalue weighted by molar-refractivity contribution is 5.88. The van der Waals surface area contributed by atoms with E-state index < -0.39 is 0 Å². The lowest BCUT2D eigenvalue weighted by molar-refractivity contribution is -0.130. The molecule has 1 saturated heterocycles. The summed E-state index contributed by atoms with van der Waals surface area (Å²) in [4.78, 5) is 17.7. The van der Waals surface area contributed by atoms with Crippen LogP contribution >= 0.6 is 0 Å². The number of carbonyl (C=O) groups excluding carboxylic acids is 1. The zero-order valence-corrected chi connectivity index (χ0v) is 14.4. The van der Waals surface area contributed by atoms with Crippen LogP contribution in [-0.2, 0) is 4.79 Å². The summed E-state index contributed by atoms with van der Waals surface area (Å²) in [5.74, 6) is 1.71. The van der Waals surface area contributed by atoms with Gasteiger partial charge in [0.05, 0.1) is 12.6 Å². The van der Waals surface area contributed by atoms with Crippen molar-refractivity contribution in [1.29, 1.82) is 0 Å². The second-order valence-electron chi connectivity index (χ2n) is 6.37. The number of methoxy groups -OCH3 is 1. The number of fused-ring (bicyclic) bond motifs is 1. The molecule has 4 heteroatoms. The van der Waals surface area contributed by atoms with Gasteiger partial charge in [0, 0.05) is 31.6 Å². The minimum Gasteiger partial charge on any atom is -0.497 e. The molecule has 0 bridgehead atoms. The summed E-state index contributed by atoms with van der Waals surface area (Å²) in [5, 5.41) is 1.11. The molecule has 24 heavy (non-hydrogen) atoms. The predicted octanol–water partition coefficient (Wildman–Crippen LogP) is 3.91. The molecule has 0 saturated carbocycles. The maximum absolute atomic E-state index is 11.4. The molecule has 1 aliphatic rings. The highest BCUT2D eigenvalue weighted by Gasteiger charge is 2.19. The minimum atomic E-state index is 0.196. The van der Waals surface area contributed by atoms with Crippen molar-refractivity contribution < 1.29 is 9.53 Å². The van der Waals surface area contributed by atoms with E-state index in [1.54, 1.807) is 14.0 Å². The van der Waals surface area contributed by atoms with E-state index in [9.17, 15) is 4.79 Å². The first-order valence-electron chi connectivity index (χ1n) is 8.52. The van der Waals surface area contributed by atoms with Gasteiger partial charge in [-0.15, -0.1) is 0 Å². The SMILES string of the molecule is COc1ccc2nccc(C=CCC3CCN(C(C)=O)CC3)c2c1. The van der Waals surface area contributed by atoms with Crippen LogP contribution in [0, 0.1) is 5.92 Å². The molecular weight excluding hydrogens is 300 g/mol. The Hall–Kier alpha value is -2.36. The molecule has 3 rings (SSSR count). The molecule has 126 valence electrons. The van der Waals surface area contributed by atoms with Crippen LogP contribution in [0.25, 0.3) is 17.0 Å². The van der Waals surface area contributed by atoms with Crippen LogP contribution < -0.4 is 4.74 Å². The molecule has 0 spiro atoms. The van der Waals surface area contributed by atoms with Crippen molar-refractivity contribution in [3.63, 3.8) is 0 Å². The molecule has 0 atom stereocenters. The lowest BCUT2D eigenvalue weighted by atomic mass is 9.93. The van der Waals surface area contributed by atoms with Crippen LogP contribution in [0.2, 0.25) is 0 Å². The van der Waals surface area contributed by atoms with Crippen molar-refractivity contribution in [2.45, 2.75) is 26.2 Å². The third-order valence-electron chi connectivity index (χ3n) is 4.81. The Morgan fingerprint density at radius 3 is 2.83 bits per heavy atom. The van der Waals surface area contributed by atoms with Crippen molar-refractivity contribution in [2.75, 3.05) is 20.2 Å². The standard InChI is InChI=1S/C20H24N2O2/c1-15(23)22-12-9-16(10-13-22)4-3-5-17-8-11-21-20-7-6-18(24-2)14-19(17)20/h3,5-8,11,14,16H,4,9-10,12-13H2,1-2H3. The summed E-state index contributed by atoms with van der Waals surface area (Å²) in [6.07, 6.45) is 9.52. The number of carbonyl (C=O) groups is 1. The number of aromatic nitrogens is 1. The average molecular weight is 324 g/mol. The monoisotopic (exact) mass is 324 g/mol. The Balaban J connectivity index is 1.67. The third kappa shape index (κ3) is 3.75. The summed E-state index contributed by atoms with van der Waals surface area (Å²) >= 11 is 0. The van der Waals surface area contributed by atoms with Gasteiger partial charge in [-0.1, -0.05) is 12.2 Å². The molecule has 1 amide bonds. The fourth-order valence-corrected chi connectivity index (χ4v) is 3.29. The number of hydrogen-bond donors (Lipinski definition) is 0. The van der Waals surface area contributed by atoms with Crippen LogP contribution in [0.5, 0.6) is 5.75 Å². The molecule has 2 heterocycles. The van der Waals surface area contributed by atoms with Gasteiger partial charge in [-0.25, -0.2) is 0 Å². The van der Waals surface area contributed by atoms with E-state index >= 15 is 0 Å². The molecule has 0 radical (unpaired) electrons. The molecule has 1 fully saturated rings. The van der Waals surface area contributed by atoms with Gasteiger partial charge < -0.3 is 9.64 Å². The molecule has 4 nitrogen and oxygen atoms in total. The zero-order valence-electron chi connectivity index (χ0n) is 14.4. The Bertz CT molecular complexity index is 746. The number of ether oxygens (including phenoxy) is 1. The molecule has 1 aromatic carbocycles. The zero-order chi connectivity index (χ0) is 16.9. The Morgan fingerprint density at radius 1 is 1.33 bits per heavy atom. The van der Waals surface area contributed by atoms with Crippen LogP contribution in [0.1, 0.15) is 31.7 Å². The number of hydrogen-bond acceptors (Lipinski definition) is 3. The third-order valence-corrected chi connectivity index (χ3v) is 4.81. The lowest BCUT2D eigenvalue weighted by Gasteiger charge is -2.30. The second kappa shape index (κ2) is 7.47. The van der Waals surface area contributed by atoms with E-state index in [1.807, 2.05) is 35.4 Å². The first kappa shape index (κ1) is 16.5. The number of allylic oxidation sites excluding steroid dienone is 1. The van der Waals surface area contributed by atoms with E-state index in [-0.39, 0.29) is 5.91 Å². The largest absolute Gasteiger partial charge is 0.497 e. The molecule has 1 aliphatic heterocycles. The van der Waals surface area contributed by atoms with Gasteiger partial charge in [0.25, 0.3) is 0 Å². The van der Waals surface area contributed by atoms with Crippen molar-refractivity contribution >= 4 is 22.9 Å². The van der Waals surface area contributed by atoms with E-state index in [2.05, 4.69) is 17.1 Å². The van der Waals surface area contributed by atoms with Gasteiger partial charge in [-0.05, 0) is 55.0 Å². The molecule has 0 unspecified atom stereocenters. The van der Waals surface area contributed by atoms with E-state index in [1.165, 1.54) is 5.56 Å². The number of nitrogens with zero attached hydrogens (tertiary/aromatic N) is 2. The summed E-state index contributed by atoms with van der Waals surface area (Å²) in [6, 6.07) is 8.00. The van der Waals surface area contributed by atoms with Crippen molar-refractivity contribution in [1.82, 2.24) is 9.88 Å². The van der Waals surface area contributed by atoms with Crippen LogP contribution in [0.4, 0.5) is 0 Å². The maximum Gasteiger partial charge on any atom is 0.219 e. The fourth-order valence-electron chi connectivity index (χ4n) is 3.29. The van der Waals surface area contributed by atoms with Crippen LogP contribution in [-0.4, -0.2) is 36.0 Å². The molecule has 0 aliphatic carbocycles. The maximum atomic E-state index is 11.4. The number of rotatable bonds is 4. The number of benzene rings is 1. The number of pyridine rings is 1. The summed E-state index contributed by atoms with van der Waals surface area (Å²) in [6.45, 7) is 3.44. The minimum absolute atomic E-state index is 0.196. The summed E-state index contributed by atoms with van der Waals surface area (Å²) in [7, 11) is 1.68. The van der Waals surface area contributed by atoms with Gasteiger partial charge in [0.15, 0.2) is 0 Å². The normalized spacial score (nSPS) is 16.0. The van der Waals surface area contributed by atoms with Gasteiger partial charge in [-0.3, -0.25) is 9.78 Å². The first-order chi connectivity index (χ1) is 11.7. The molecule has 2 aromatic rings. The Kier molecular flexibility index (Phi) is 5.14. The predicted molar refractivity (Wildman–Crippen MR) is 96.9 cm³/mol. The van der Waals surface area contributed by atoms with E-state index in [4.69, 9.17) is 4.74 Å². The smallest absolute Gasteiger partial charge is 0.219 e. The van der Waals surface area contributed by atoms with E-state index in [0.29, 0.717) is 5.92 Å². The van der Waals surface area contributed by atoms with Crippen molar-refractivity contribution in [3.05, 3.63) is 42.1 Å². The van der Waals surface area contributed by atoms with Crippen molar-refractivity contribution in [3.8, 4) is 5.75 Å². The first-order valence-corrected chi connectivity index (χ1v) is 8.52. The summed E-state index contributed by atoms with van der Waals surface area (Å²) < 4.78 is 5.32. The summed E-state index contributed by atoms with van der Waals surface area (Å²) in [5.41, 5.74) is 2.15. The van der Waals surface area contributed by atoms with Gasteiger partial charge in [0.2, 0.25) is 5.91 Å². The quantitative estimate of drug-likeness (QED) is 0.856. The Morgan fingerprint density at radius 2 is 2.12 bits per heavy atom. The Labute approximate surface area is 143 Å².